The van der Waals surface area contributed by atoms with Crippen LogP contribution in [0.4, 0.5) is 18.9 Å². The molecule has 3 aromatic rings. The number of aromatic amines is 1. The van der Waals surface area contributed by atoms with Crippen LogP contribution in [-0.4, -0.2) is 21.1 Å². The van der Waals surface area contributed by atoms with Crippen molar-refractivity contribution in [1.29, 1.82) is 0 Å². The number of rotatable bonds is 4. The lowest BCUT2D eigenvalue weighted by atomic mass is 10.2. The molecule has 28 heavy (non-hydrogen) atoms. The minimum atomic E-state index is -4.55. The summed E-state index contributed by atoms with van der Waals surface area (Å²) in [4.78, 5) is 32.9. The van der Waals surface area contributed by atoms with E-state index in [9.17, 15) is 22.8 Å². The number of nitrogens with one attached hydrogen (secondary N) is 2. The number of aryl methyl sites for hydroxylation is 1. The Labute approximate surface area is 170 Å². The number of fused-ring (bicyclic) bond motifs is 1. The number of carbonyl (C=O) groups is 1. The third kappa shape index (κ3) is 4.50. The van der Waals surface area contributed by atoms with E-state index < -0.39 is 22.9 Å². The number of benzene rings is 1. The van der Waals surface area contributed by atoms with Gasteiger partial charge in [-0.25, -0.2) is 4.98 Å². The number of hydrogen-bond acceptors (Lipinski definition) is 5. The summed E-state index contributed by atoms with van der Waals surface area (Å²) in [6, 6.07) is 4.41. The van der Waals surface area contributed by atoms with Gasteiger partial charge in [0.2, 0.25) is 5.91 Å². The van der Waals surface area contributed by atoms with Gasteiger partial charge in [-0.1, -0.05) is 23.4 Å². The summed E-state index contributed by atoms with van der Waals surface area (Å²) in [5, 5.41) is 2.35. The highest BCUT2D eigenvalue weighted by atomic mass is 35.5. The average molecular weight is 448 g/mol. The number of anilines is 1. The second-order valence-corrected chi connectivity index (χ2v) is 8.86. The molecule has 0 saturated carbocycles. The van der Waals surface area contributed by atoms with Gasteiger partial charge in [0, 0.05) is 4.88 Å². The highest BCUT2D eigenvalue weighted by Gasteiger charge is 2.31. The molecule has 1 unspecified atom stereocenters. The fourth-order valence-electron chi connectivity index (χ4n) is 2.34. The van der Waals surface area contributed by atoms with E-state index in [1.807, 2.05) is 6.92 Å². The topological polar surface area (TPSA) is 74.8 Å². The van der Waals surface area contributed by atoms with Gasteiger partial charge in [0.05, 0.1) is 26.9 Å². The highest BCUT2D eigenvalue weighted by molar-refractivity contribution is 8.00. The number of nitrogens with zero attached hydrogens (tertiary/aromatic N) is 1. The zero-order chi connectivity index (χ0) is 20.6. The number of alkyl halides is 3. The van der Waals surface area contributed by atoms with Crippen molar-refractivity contribution < 1.29 is 18.0 Å². The van der Waals surface area contributed by atoms with Crippen molar-refractivity contribution in [2.45, 2.75) is 30.4 Å². The SMILES string of the molecule is Cc1cc2c(=O)[nH]c(SC(C)C(=O)Nc3cc(C(F)(F)F)ccc3Cl)nc2s1. The molecule has 5 nitrogen and oxygen atoms in total. The van der Waals surface area contributed by atoms with Gasteiger partial charge in [-0.05, 0) is 38.1 Å². The Morgan fingerprint density at radius 2 is 2.07 bits per heavy atom. The molecule has 2 heterocycles. The van der Waals surface area contributed by atoms with Gasteiger partial charge in [-0.15, -0.1) is 11.3 Å². The first-order chi connectivity index (χ1) is 13.0. The Balaban J connectivity index is 1.78. The smallest absolute Gasteiger partial charge is 0.324 e. The molecule has 1 aromatic carbocycles. The molecule has 148 valence electrons. The van der Waals surface area contributed by atoms with Crippen LogP contribution in [0.2, 0.25) is 5.02 Å². The number of halogens is 4. The number of aromatic nitrogens is 2. The third-order valence-corrected chi connectivity index (χ3v) is 5.97. The van der Waals surface area contributed by atoms with Gasteiger partial charge in [0.25, 0.3) is 5.56 Å². The lowest BCUT2D eigenvalue weighted by Crippen LogP contribution is -2.23. The molecule has 3 rings (SSSR count). The predicted molar refractivity (Wildman–Crippen MR) is 105 cm³/mol. The summed E-state index contributed by atoms with van der Waals surface area (Å²) < 4.78 is 38.5. The Morgan fingerprint density at radius 1 is 1.36 bits per heavy atom. The first-order valence-corrected chi connectivity index (χ1v) is 9.96. The standard InChI is InChI=1S/C17H13ClF3N3O2S2/c1-7-5-10-14(26)23-16(24-15(10)27-7)28-8(2)13(25)22-12-6-9(17(19,20)21)3-4-11(12)18/h3-6,8H,1-2H3,(H,22,25)(H,23,24,26). The monoisotopic (exact) mass is 447 g/mol. The molecule has 0 saturated heterocycles. The van der Waals surface area contributed by atoms with Gasteiger partial charge < -0.3 is 10.3 Å². The molecular formula is C17H13ClF3N3O2S2. The lowest BCUT2D eigenvalue weighted by Gasteiger charge is -2.14. The number of thiophene rings is 1. The third-order valence-electron chi connectivity index (χ3n) is 3.71. The number of hydrogen-bond donors (Lipinski definition) is 2. The maximum absolute atomic E-state index is 12.8. The highest BCUT2D eigenvalue weighted by Crippen LogP contribution is 2.34. The van der Waals surface area contributed by atoms with Crippen molar-refractivity contribution >= 4 is 56.5 Å². The quantitative estimate of drug-likeness (QED) is 0.432. The number of amides is 1. The minimum Gasteiger partial charge on any atom is -0.324 e. The number of thioether (sulfide) groups is 1. The molecule has 0 aliphatic heterocycles. The van der Waals surface area contributed by atoms with Gasteiger partial charge >= 0.3 is 6.18 Å². The molecule has 2 N–H and O–H groups in total. The fourth-order valence-corrected chi connectivity index (χ4v) is 4.24. The van der Waals surface area contributed by atoms with Crippen LogP contribution in [-0.2, 0) is 11.0 Å². The van der Waals surface area contributed by atoms with Crippen LogP contribution in [0.25, 0.3) is 10.2 Å². The van der Waals surface area contributed by atoms with E-state index in [0.29, 0.717) is 10.2 Å². The van der Waals surface area contributed by atoms with Crippen molar-refractivity contribution in [3.63, 3.8) is 0 Å². The van der Waals surface area contributed by atoms with E-state index in [2.05, 4.69) is 15.3 Å². The second kappa shape index (κ2) is 7.76. The summed E-state index contributed by atoms with van der Waals surface area (Å²) in [5.74, 6) is -0.573. The van der Waals surface area contributed by atoms with E-state index in [1.54, 1.807) is 13.0 Å². The average Bonchev–Trinajstić information content (AvgIpc) is 2.96. The molecule has 0 spiro atoms. The normalized spacial score (nSPS) is 12.9. The van der Waals surface area contributed by atoms with E-state index in [-0.39, 0.29) is 21.4 Å². The van der Waals surface area contributed by atoms with Crippen molar-refractivity contribution in [2.75, 3.05) is 5.32 Å². The Bertz CT molecular complexity index is 1110. The van der Waals surface area contributed by atoms with Gasteiger partial charge in [-0.3, -0.25) is 9.59 Å². The van der Waals surface area contributed by atoms with Crippen LogP contribution < -0.4 is 10.9 Å². The molecule has 2 aromatic heterocycles. The fraction of sp³-hybridized carbons (Fsp3) is 0.235. The Morgan fingerprint density at radius 3 is 2.75 bits per heavy atom. The van der Waals surface area contributed by atoms with Gasteiger partial charge in [-0.2, -0.15) is 13.2 Å². The molecular weight excluding hydrogens is 435 g/mol. The molecule has 0 aliphatic rings. The van der Waals surface area contributed by atoms with Crippen LogP contribution in [0, 0.1) is 6.92 Å². The van der Waals surface area contributed by atoms with Crippen LogP contribution in [0.1, 0.15) is 17.4 Å². The molecule has 1 amide bonds. The molecule has 0 bridgehead atoms. The van der Waals surface area contributed by atoms with Crippen molar-refractivity contribution in [2.24, 2.45) is 0 Å². The largest absolute Gasteiger partial charge is 0.416 e. The summed E-state index contributed by atoms with van der Waals surface area (Å²) >= 11 is 8.24. The van der Waals surface area contributed by atoms with Crippen LogP contribution in [0.5, 0.6) is 0 Å². The first-order valence-electron chi connectivity index (χ1n) is 7.89. The van der Waals surface area contributed by atoms with E-state index in [1.165, 1.54) is 11.3 Å². The van der Waals surface area contributed by atoms with E-state index >= 15 is 0 Å². The minimum absolute atomic E-state index is 0.0134. The maximum atomic E-state index is 12.8. The Kier molecular flexibility index (Phi) is 5.74. The summed E-state index contributed by atoms with van der Waals surface area (Å²) in [6.45, 7) is 3.40. The molecule has 0 fully saturated rings. The number of H-pyrrole nitrogens is 1. The zero-order valence-corrected chi connectivity index (χ0v) is 16.9. The molecule has 11 heteroatoms. The van der Waals surface area contributed by atoms with Gasteiger partial charge in [0.15, 0.2) is 5.16 Å². The van der Waals surface area contributed by atoms with Crippen LogP contribution >= 0.6 is 34.7 Å². The summed E-state index contributed by atoms with van der Waals surface area (Å²) in [5.41, 5.74) is -1.37. The van der Waals surface area contributed by atoms with Crippen LogP contribution in [0.15, 0.2) is 34.2 Å². The Hall–Kier alpha value is -2.04. The zero-order valence-electron chi connectivity index (χ0n) is 14.5. The predicted octanol–water partition coefficient (Wildman–Crippen LogP) is 5.08. The second-order valence-electron chi connectivity index (χ2n) is 5.89. The molecule has 0 aliphatic carbocycles. The van der Waals surface area contributed by atoms with Crippen molar-refractivity contribution in [3.8, 4) is 0 Å². The van der Waals surface area contributed by atoms with Crippen LogP contribution in [0.3, 0.4) is 0 Å². The van der Waals surface area contributed by atoms with E-state index in [4.69, 9.17) is 11.6 Å². The summed E-state index contributed by atoms with van der Waals surface area (Å²) in [7, 11) is 0. The molecule has 1 atom stereocenters. The van der Waals surface area contributed by atoms with Crippen molar-refractivity contribution in [3.05, 3.63) is 50.1 Å². The lowest BCUT2D eigenvalue weighted by molar-refractivity contribution is -0.137. The first kappa shape index (κ1) is 20.7. The summed E-state index contributed by atoms with van der Waals surface area (Å²) in [6.07, 6.45) is -4.55. The number of carbonyl (C=O) groups excluding carboxylic acids is 1. The molecule has 0 radical (unpaired) electrons. The van der Waals surface area contributed by atoms with Gasteiger partial charge in [0.1, 0.15) is 4.83 Å². The van der Waals surface area contributed by atoms with Crippen molar-refractivity contribution in [1.82, 2.24) is 9.97 Å². The maximum Gasteiger partial charge on any atom is 0.416 e. The van der Waals surface area contributed by atoms with E-state index in [0.717, 1.165) is 34.8 Å².